The summed E-state index contributed by atoms with van der Waals surface area (Å²) >= 11 is 0. The molecule has 0 spiro atoms. The Morgan fingerprint density at radius 2 is 2.09 bits per heavy atom. The minimum atomic E-state index is 0.160. The van der Waals surface area contributed by atoms with Gasteiger partial charge in [0.1, 0.15) is 0 Å². The third-order valence-electron chi connectivity index (χ3n) is 4.51. The number of hydrogen-bond donors (Lipinski definition) is 1. The van der Waals surface area contributed by atoms with Crippen molar-refractivity contribution in [1.29, 1.82) is 0 Å². The second kappa shape index (κ2) is 7.40. The molecule has 5 nitrogen and oxygen atoms in total. The van der Waals surface area contributed by atoms with Crippen LogP contribution in [-0.2, 0) is 18.4 Å². The van der Waals surface area contributed by atoms with Crippen molar-refractivity contribution in [2.75, 3.05) is 0 Å². The number of nitrogens with zero attached hydrogens (tertiary/aromatic N) is 3. The molecular weight excluding hydrogens is 288 g/mol. The number of amides is 1. The molecule has 0 radical (unpaired) electrons. The highest BCUT2D eigenvalue weighted by Crippen LogP contribution is 2.26. The van der Waals surface area contributed by atoms with Crippen molar-refractivity contribution >= 4 is 5.91 Å². The van der Waals surface area contributed by atoms with Crippen LogP contribution in [0.1, 0.15) is 44.1 Å². The van der Waals surface area contributed by atoms with Gasteiger partial charge in [-0.15, -0.1) is 0 Å². The lowest BCUT2D eigenvalue weighted by Crippen LogP contribution is -2.25. The van der Waals surface area contributed by atoms with Gasteiger partial charge in [-0.2, -0.15) is 5.10 Å². The number of hydrogen-bond acceptors (Lipinski definition) is 3. The summed E-state index contributed by atoms with van der Waals surface area (Å²) in [4.78, 5) is 16.5. The SMILES string of the molecule is Cn1cc(-c2ccc(CNC(=O)CC3CCCCC3)cn2)cn1. The molecule has 0 aromatic carbocycles. The maximum absolute atomic E-state index is 12.0. The van der Waals surface area contributed by atoms with Crippen LogP contribution in [0.2, 0.25) is 0 Å². The standard InChI is InChI=1S/C18H24N4O/c1-22-13-16(12-21-22)17-8-7-15(10-19-17)11-20-18(23)9-14-5-3-2-4-6-14/h7-8,10,12-14H,2-6,9,11H2,1H3,(H,20,23). The first-order valence-electron chi connectivity index (χ1n) is 8.41. The predicted molar refractivity (Wildman–Crippen MR) is 89.5 cm³/mol. The molecule has 0 saturated heterocycles. The van der Waals surface area contributed by atoms with Crippen molar-refractivity contribution in [2.45, 2.75) is 45.1 Å². The van der Waals surface area contributed by atoms with E-state index in [9.17, 15) is 4.79 Å². The molecule has 1 aliphatic carbocycles. The van der Waals surface area contributed by atoms with Gasteiger partial charge in [0.2, 0.25) is 5.91 Å². The number of carbonyl (C=O) groups excluding carboxylic acids is 1. The van der Waals surface area contributed by atoms with Crippen LogP contribution < -0.4 is 5.32 Å². The van der Waals surface area contributed by atoms with Gasteiger partial charge >= 0.3 is 0 Å². The summed E-state index contributed by atoms with van der Waals surface area (Å²) in [5.74, 6) is 0.739. The van der Waals surface area contributed by atoms with E-state index in [4.69, 9.17) is 0 Å². The topological polar surface area (TPSA) is 59.8 Å². The molecule has 23 heavy (non-hydrogen) atoms. The average Bonchev–Trinajstić information content (AvgIpc) is 3.01. The smallest absolute Gasteiger partial charge is 0.220 e. The molecule has 0 unspecified atom stereocenters. The first kappa shape index (κ1) is 15.7. The third-order valence-corrected chi connectivity index (χ3v) is 4.51. The molecule has 1 N–H and O–H groups in total. The van der Waals surface area contributed by atoms with Crippen molar-refractivity contribution in [1.82, 2.24) is 20.1 Å². The third kappa shape index (κ3) is 4.41. The molecule has 1 amide bonds. The highest BCUT2D eigenvalue weighted by atomic mass is 16.1. The summed E-state index contributed by atoms with van der Waals surface area (Å²) in [6, 6.07) is 3.98. The first-order valence-corrected chi connectivity index (χ1v) is 8.41. The fourth-order valence-corrected chi connectivity index (χ4v) is 3.18. The number of nitrogens with one attached hydrogen (secondary N) is 1. The van der Waals surface area contributed by atoms with Crippen LogP contribution in [0.15, 0.2) is 30.7 Å². The summed E-state index contributed by atoms with van der Waals surface area (Å²) < 4.78 is 1.76. The fraction of sp³-hybridized carbons (Fsp3) is 0.500. The Hall–Kier alpha value is -2.17. The molecular formula is C18H24N4O. The van der Waals surface area contributed by atoms with Crippen molar-refractivity contribution in [3.05, 3.63) is 36.3 Å². The molecule has 2 aromatic heterocycles. The average molecular weight is 312 g/mol. The monoisotopic (exact) mass is 312 g/mol. The van der Waals surface area contributed by atoms with Gasteiger partial charge in [-0.25, -0.2) is 0 Å². The molecule has 1 fully saturated rings. The molecule has 5 heteroatoms. The van der Waals surface area contributed by atoms with Crippen LogP contribution in [0.5, 0.6) is 0 Å². The van der Waals surface area contributed by atoms with Crippen molar-refractivity contribution in [2.24, 2.45) is 13.0 Å². The summed E-state index contributed by atoms with van der Waals surface area (Å²) in [5.41, 5.74) is 2.92. The lowest BCUT2D eigenvalue weighted by atomic mass is 9.87. The predicted octanol–water partition coefficient (Wildman–Crippen LogP) is 3.07. The highest BCUT2D eigenvalue weighted by Gasteiger charge is 2.16. The Kier molecular flexibility index (Phi) is 5.05. The summed E-state index contributed by atoms with van der Waals surface area (Å²) in [5, 5.41) is 7.16. The zero-order valence-corrected chi connectivity index (χ0v) is 13.7. The first-order chi connectivity index (χ1) is 11.2. The molecule has 2 aromatic rings. The van der Waals surface area contributed by atoms with Crippen LogP contribution in [0.4, 0.5) is 0 Å². The quantitative estimate of drug-likeness (QED) is 0.923. The van der Waals surface area contributed by atoms with Gasteiger partial charge in [0, 0.05) is 38.0 Å². The van der Waals surface area contributed by atoms with Crippen molar-refractivity contribution < 1.29 is 4.79 Å². The number of aryl methyl sites for hydroxylation is 1. The Morgan fingerprint density at radius 1 is 1.26 bits per heavy atom. The van der Waals surface area contributed by atoms with Crippen LogP contribution in [0, 0.1) is 5.92 Å². The van der Waals surface area contributed by atoms with Gasteiger partial charge in [0.25, 0.3) is 0 Å². The largest absolute Gasteiger partial charge is 0.352 e. The number of rotatable bonds is 5. The molecule has 2 heterocycles. The number of pyridine rings is 1. The zero-order chi connectivity index (χ0) is 16.1. The van der Waals surface area contributed by atoms with E-state index in [-0.39, 0.29) is 5.91 Å². The molecule has 3 rings (SSSR count). The molecule has 0 atom stereocenters. The van der Waals surface area contributed by atoms with E-state index >= 15 is 0 Å². The minimum Gasteiger partial charge on any atom is -0.352 e. The summed E-state index contributed by atoms with van der Waals surface area (Å²) in [6.45, 7) is 0.547. The molecule has 1 saturated carbocycles. The molecule has 0 bridgehead atoms. The van der Waals surface area contributed by atoms with E-state index in [0.29, 0.717) is 18.9 Å². The van der Waals surface area contributed by atoms with E-state index in [1.807, 2.05) is 31.6 Å². The van der Waals surface area contributed by atoms with E-state index in [1.165, 1.54) is 32.1 Å². The maximum Gasteiger partial charge on any atom is 0.220 e. The van der Waals surface area contributed by atoms with Crippen molar-refractivity contribution in [3.8, 4) is 11.3 Å². The number of carbonyl (C=O) groups is 1. The molecule has 1 aliphatic rings. The normalized spacial score (nSPS) is 15.5. The summed E-state index contributed by atoms with van der Waals surface area (Å²) in [7, 11) is 1.89. The fourth-order valence-electron chi connectivity index (χ4n) is 3.18. The van der Waals surface area contributed by atoms with Gasteiger partial charge in [-0.1, -0.05) is 25.3 Å². The number of aromatic nitrogens is 3. The van der Waals surface area contributed by atoms with E-state index < -0.39 is 0 Å². The zero-order valence-electron chi connectivity index (χ0n) is 13.7. The minimum absolute atomic E-state index is 0.160. The van der Waals surface area contributed by atoms with Crippen LogP contribution in [0.25, 0.3) is 11.3 Å². The van der Waals surface area contributed by atoms with E-state index in [1.54, 1.807) is 10.9 Å². The maximum atomic E-state index is 12.0. The second-order valence-electron chi connectivity index (χ2n) is 6.44. The van der Waals surface area contributed by atoms with Gasteiger partial charge in [-0.3, -0.25) is 14.5 Å². The highest BCUT2D eigenvalue weighted by molar-refractivity contribution is 5.76. The molecule has 122 valence electrons. The van der Waals surface area contributed by atoms with Gasteiger partial charge in [-0.05, 0) is 30.4 Å². The van der Waals surface area contributed by atoms with Crippen LogP contribution in [0.3, 0.4) is 0 Å². The Balaban J connectivity index is 1.49. The van der Waals surface area contributed by atoms with E-state index in [2.05, 4.69) is 15.4 Å². The second-order valence-corrected chi connectivity index (χ2v) is 6.44. The Labute approximate surface area is 137 Å². The van der Waals surface area contributed by atoms with Crippen LogP contribution in [-0.4, -0.2) is 20.7 Å². The lowest BCUT2D eigenvalue weighted by Gasteiger charge is -2.20. The van der Waals surface area contributed by atoms with Gasteiger partial charge in [0.15, 0.2) is 0 Å². The Bertz CT molecular complexity index is 641. The van der Waals surface area contributed by atoms with Gasteiger partial charge < -0.3 is 5.32 Å². The van der Waals surface area contributed by atoms with E-state index in [0.717, 1.165) is 16.8 Å². The van der Waals surface area contributed by atoms with Gasteiger partial charge in [0.05, 0.1) is 11.9 Å². The van der Waals surface area contributed by atoms with Crippen molar-refractivity contribution in [3.63, 3.8) is 0 Å². The van der Waals surface area contributed by atoms with Crippen LogP contribution >= 0.6 is 0 Å². The Morgan fingerprint density at radius 3 is 2.74 bits per heavy atom. The summed E-state index contributed by atoms with van der Waals surface area (Å²) in [6.07, 6.45) is 12.5. The lowest BCUT2D eigenvalue weighted by molar-refractivity contribution is -0.122. The molecule has 0 aliphatic heterocycles.